The highest BCUT2D eigenvalue weighted by Gasteiger charge is 2.13. The summed E-state index contributed by atoms with van der Waals surface area (Å²) in [7, 11) is 0. The van der Waals surface area contributed by atoms with E-state index in [1.165, 1.54) is 37.7 Å². The van der Waals surface area contributed by atoms with E-state index in [-0.39, 0.29) is 5.91 Å². The quantitative estimate of drug-likeness (QED) is 0.769. The Hall–Kier alpha value is -0.960. The maximum Gasteiger partial charge on any atom is 0.220 e. The van der Waals surface area contributed by atoms with Gasteiger partial charge in [-0.1, -0.05) is 49.6 Å². The van der Waals surface area contributed by atoms with Crippen molar-refractivity contribution in [2.75, 3.05) is 12.3 Å². The lowest BCUT2D eigenvalue weighted by atomic mass is 9.89. The Morgan fingerprint density at radius 1 is 1.15 bits per heavy atom. The van der Waals surface area contributed by atoms with Crippen LogP contribution in [0.1, 0.15) is 44.1 Å². The van der Waals surface area contributed by atoms with E-state index in [0.717, 1.165) is 24.0 Å². The molecule has 1 aromatic rings. The molecule has 2 rings (SSSR count). The SMILES string of the molecule is O=C(CCSCc1ccccc1)NCC1CCCCC1. The van der Waals surface area contributed by atoms with E-state index >= 15 is 0 Å². The summed E-state index contributed by atoms with van der Waals surface area (Å²) >= 11 is 1.84. The van der Waals surface area contributed by atoms with Gasteiger partial charge in [-0.2, -0.15) is 11.8 Å². The normalized spacial score (nSPS) is 16.0. The van der Waals surface area contributed by atoms with Crippen molar-refractivity contribution in [2.45, 2.75) is 44.3 Å². The van der Waals surface area contributed by atoms with Crippen molar-refractivity contribution in [1.29, 1.82) is 0 Å². The van der Waals surface area contributed by atoms with Gasteiger partial charge in [0.2, 0.25) is 5.91 Å². The fourth-order valence-electron chi connectivity index (χ4n) is 2.67. The van der Waals surface area contributed by atoms with E-state index < -0.39 is 0 Å². The topological polar surface area (TPSA) is 29.1 Å². The van der Waals surface area contributed by atoms with Crippen molar-refractivity contribution in [1.82, 2.24) is 5.32 Å². The number of hydrogen-bond acceptors (Lipinski definition) is 2. The minimum Gasteiger partial charge on any atom is -0.356 e. The highest BCUT2D eigenvalue weighted by Crippen LogP contribution is 2.22. The lowest BCUT2D eigenvalue weighted by molar-refractivity contribution is -0.120. The van der Waals surface area contributed by atoms with Crippen LogP contribution in [0.15, 0.2) is 30.3 Å². The lowest BCUT2D eigenvalue weighted by Crippen LogP contribution is -2.30. The van der Waals surface area contributed by atoms with Crippen LogP contribution >= 0.6 is 11.8 Å². The van der Waals surface area contributed by atoms with Gasteiger partial charge in [-0.15, -0.1) is 0 Å². The van der Waals surface area contributed by atoms with E-state index in [2.05, 4.69) is 29.6 Å². The van der Waals surface area contributed by atoms with E-state index in [1.807, 2.05) is 17.8 Å². The van der Waals surface area contributed by atoms with Crippen LogP contribution < -0.4 is 5.32 Å². The molecule has 1 aliphatic carbocycles. The first-order chi connectivity index (χ1) is 9.84. The van der Waals surface area contributed by atoms with Gasteiger partial charge in [0.1, 0.15) is 0 Å². The van der Waals surface area contributed by atoms with E-state index in [0.29, 0.717) is 6.42 Å². The van der Waals surface area contributed by atoms with Gasteiger partial charge in [0.25, 0.3) is 0 Å². The number of benzene rings is 1. The largest absolute Gasteiger partial charge is 0.356 e. The molecule has 110 valence electrons. The van der Waals surface area contributed by atoms with E-state index in [1.54, 1.807) is 0 Å². The van der Waals surface area contributed by atoms with Crippen LogP contribution in [-0.4, -0.2) is 18.2 Å². The number of amides is 1. The summed E-state index contributed by atoms with van der Waals surface area (Å²) in [5, 5.41) is 3.10. The van der Waals surface area contributed by atoms with Crippen LogP contribution in [0.5, 0.6) is 0 Å². The van der Waals surface area contributed by atoms with E-state index in [9.17, 15) is 4.79 Å². The number of carbonyl (C=O) groups is 1. The monoisotopic (exact) mass is 291 g/mol. The molecule has 3 heteroatoms. The van der Waals surface area contributed by atoms with Crippen LogP contribution in [-0.2, 0) is 10.5 Å². The second kappa shape index (κ2) is 9.06. The minimum atomic E-state index is 0.219. The number of rotatable bonds is 7. The van der Waals surface area contributed by atoms with Crippen molar-refractivity contribution >= 4 is 17.7 Å². The standard InChI is InChI=1S/C17H25NOS/c19-17(18-13-15-7-3-1-4-8-15)11-12-20-14-16-9-5-2-6-10-16/h2,5-6,9-10,15H,1,3-4,7-8,11-14H2,(H,18,19). The first-order valence-corrected chi connectivity index (χ1v) is 8.88. The summed E-state index contributed by atoms with van der Waals surface area (Å²) in [6.45, 7) is 0.891. The van der Waals surface area contributed by atoms with Gasteiger partial charge in [0, 0.05) is 24.5 Å². The van der Waals surface area contributed by atoms with Crippen LogP contribution in [0.2, 0.25) is 0 Å². The molecular formula is C17H25NOS. The molecule has 0 spiro atoms. The van der Waals surface area contributed by atoms with Crippen molar-refractivity contribution in [3.05, 3.63) is 35.9 Å². The fraction of sp³-hybridized carbons (Fsp3) is 0.588. The van der Waals surface area contributed by atoms with Gasteiger partial charge >= 0.3 is 0 Å². The van der Waals surface area contributed by atoms with Gasteiger partial charge in [-0.25, -0.2) is 0 Å². The van der Waals surface area contributed by atoms with E-state index in [4.69, 9.17) is 0 Å². The Labute approximate surface area is 126 Å². The van der Waals surface area contributed by atoms with Crippen molar-refractivity contribution in [3.63, 3.8) is 0 Å². The summed E-state index contributed by atoms with van der Waals surface area (Å²) in [4.78, 5) is 11.8. The molecule has 1 aromatic carbocycles. The highest BCUT2D eigenvalue weighted by atomic mass is 32.2. The Morgan fingerprint density at radius 2 is 1.90 bits per heavy atom. The van der Waals surface area contributed by atoms with Gasteiger partial charge in [0.15, 0.2) is 0 Å². The Bertz CT molecular complexity index is 387. The Morgan fingerprint density at radius 3 is 2.65 bits per heavy atom. The van der Waals surface area contributed by atoms with Crippen molar-refractivity contribution in [3.8, 4) is 0 Å². The molecule has 1 aliphatic rings. The molecule has 0 unspecified atom stereocenters. The molecule has 1 amide bonds. The first-order valence-electron chi connectivity index (χ1n) is 7.73. The van der Waals surface area contributed by atoms with Crippen LogP contribution in [0.4, 0.5) is 0 Å². The third-order valence-electron chi connectivity index (χ3n) is 3.90. The maximum absolute atomic E-state index is 11.8. The summed E-state index contributed by atoms with van der Waals surface area (Å²) in [5.41, 5.74) is 1.33. The predicted octanol–water partition coefficient (Wildman–Crippen LogP) is 4.01. The molecule has 0 aromatic heterocycles. The zero-order valence-electron chi connectivity index (χ0n) is 12.1. The summed E-state index contributed by atoms with van der Waals surface area (Å²) < 4.78 is 0. The molecule has 0 saturated heterocycles. The third-order valence-corrected chi connectivity index (χ3v) is 4.93. The molecule has 1 fully saturated rings. The molecule has 0 radical (unpaired) electrons. The average molecular weight is 291 g/mol. The first kappa shape index (κ1) is 15.4. The minimum absolute atomic E-state index is 0.219. The third kappa shape index (κ3) is 6.00. The predicted molar refractivity (Wildman–Crippen MR) is 86.8 cm³/mol. The molecule has 20 heavy (non-hydrogen) atoms. The highest BCUT2D eigenvalue weighted by molar-refractivity contribution is 7.98. The molecule has 0 atom stereocenters. The zero-order chi connectivity index (χ0) is 14.0. The number of nitrogens with one attached hydrogen (secondary N) is 1. The summed E-state index contributed by atoms with van der Waals surface area (Å²) in [6.07, 6.45) is 7.29. The van der Waals surface area contributed by atoms with Crippen LogP contribution in [0.25, 0.3) is 0 Å². The smallest absolute Gasteiger partial charge is 0.220 e. The fourth-order valence-corrected chi connectivity index (χ4v) is 3.57. The Kier molecular flexibility index (Phi) is 6.99. The maximum atomic E-state index is 11.8. The molecular weight excluding hydrogens is 266 g/mol. The zero-order valence-corrected chi connectivity index (χ0v) is 13.0. The van der Waals surface area contributed by atoms with Gasteiger partial charge in [-0.05, 0) is 24.3 Å². The molecule has 1 N–H and O–H groups in total. The van der Waals surface area contributed by atoms with Gasteiger partial charge in [-0.3, -0.25) is 4.79 Å². The van der Waals surface area contributed by atoms with Crippen LogP contribution in [0.3, 0.4) is 0 Å². The lowest BCUT2D eigenvalue weighted by Gasteiger charge is -2.21. The van der Waals surface area contributed by atoms with Crippen molar-refractivity contribution in [2.24, 2.45) is 5.92 Å². The molecule has 1 saturated carbocycles. The second-order valence-electron chi connectivity index (χ2n) is 5.60. The van der Waals surface area contributed by atoms with Crippen LogP contribution in [0, 0.1) is 5.92 Å². The van der Waals surface area contributed by atoms with Gasteiger partial charge < -0.3 is 5.32 Å². The average Bonchev–Trinajstić information content (AvgIpc) is 2.52. The molecule has 0 bridgehead atoms. The molecule has 0 aliphatic heterocycles. The second-order valence-corrected chi connectivity index (χ2v) is 6.70. The Balaban J connectivity index is 1.51. The number of thioether (sulfide) groups is 1. The summed E-state index contributed by atoms with van der Waals surface area (Å²) in [5.74, 6) is 2.85. The number of hydrogen-bond donors (Lipinski definition) is 1. The van der Waals surface area contributed by atoms with Crippen molar-refractivity contribution < 1.29 is 4.79 Å². The molecule has 0 heterocycles. The number of carbonyl (C=O) groups excluding carboxylic acids is 1. The molecule has 2 nitrogen and oxygen atoms in total. The summed E-state index contributed by atoms with van der Waals surface area (Å²) in [6, 6.07) is 10.4. The van der Waals surface area contributed by atoms with Gasteiger partial charge in [0.05, 0.1) is 0 Å².